The van der Waals surface area contributed by atoms with E-state index in [0.29, 0.717) is 15.8 Å². The Balaban J connectivity index is 2.03. The highest BCUT2D eigenvalue weighted by Crippen LogP contribution is 2.39. The summed E-state index contributed by atoms with van der Waals surface area (Å²) < 4.78 is 5.91. The summed E-state index contributed by atoms with van der Waals surface area (Å²) in [6.07, 6.45) is 0. The highest BCUT2D eigenvalue weighted by Gasteiger charge is 2.17. The molecule has 0 unspecified atom stereocenters. The second-order valence-electron chi connectivity index (χ2n) is 2.75. The van der Waals surface area contributed by atoms with E-state index in [1.165, 1.54) is 0 Å². The predicted molar refractivity (Wildman–Crippen MR) is 73.4 cm³/mol. The topological polar surface area (TPSA) is 9.23 Å². The van der Waals surface area contributed by atoms with Crippen molar-refractivity contribution in [2.75, 3.05) is 10.2 Å². The molecule has 15 heavy (non-hydrogen) atoms. The lowest BCUT2D eigenvalue weighted by Crippen LogP contribution is -2.11. The fourth-order valence-electron chi connectivity index (χ4n) is 1.03. The van der Waals surface area contributed by atoms with E-state index < -0.39 is 0 Å². The lowest BCUT2D eigenvalue weighted by Gasteiger charge is -2.22. The Morgan fingerprint density at radius 2 is 1.93 bits per heavy atom. The fraction of sp³-hybridized carbons (Fsp3) is 0.333. The standard InChI is InChI=1S/C9H8Cl2OS3/c10-6-1-2-8(7(11)3-6)12-9-14-4-13-5-15-9/h1-3,9H,4-5H2. The van der Waals surface area contributed by atoms with Gasteiger partial charge >= 0.3 is 0 Å². The molecule has 1 aromatic rings. The van der Waals surface area contributed by atoms with Crippen LogP contribution < -0.4 is 4.74 Å². The van der Waals surface area contributed by atoms with Crippen LogP contribution in [0.1, 0.15) is 0 Å². The van der Waals surface area contributed by atoms with Gasteiger partial charge in [0.25, 0.3) is 0 Å². The summed E-state index contributed by atoms with van der Waals surface area (Å²) in [6, 6.07) is 5.30. The number of rotatable bonds is 2. The summed E-state index contributed by atoms with van der Waals surface area (Å²) in [7, 11) is 0. The molecule has 1 aliphatic rings. The molecule has 1 aromatic carbocycles. The molecule has 0 aliphatic carbocycles. The normalized spacial score (nSPS) is 17.7. The molecule has 6 heteroatoms. The van der Waals surface area contributed by atoms with Gasteiger partial charge in [0.15, 0.2) is 4.77 Å². The average Bonchev–Trinajstić information content (AvgIpc) is 2.24. The van der Waals surface area contributed by atoms with E-state index in [2.05, 4.69) is 0 Å². The third kappa shape index (κ3) is 3.56. The first-order valence-electron chi connectivity index (χ1n) is 4.18. The molecule has 0 spiro atoms. The van der Waals surface area contributed by atoms with Crippen LogP contribution in [0.2, 0.25) is 10.0 Å². The summed E-state index contributed by atoms with van der Waals surface area (Å²) in [5.41, 5.74) is 0. The molecule has 1 saturated heterocycles. The van der Waals surface area contributed by atoms with Crippen molar-refractivity contribution in [3.05, 3.63) is 28.2 Å². The van der Waals surface area contributed by atoms with Crippen molar-refractivity contribution in [2.24, 2.45) is 0 Å². The molecule has 0 N–H and O–H groups in total. The average molecular weight is 299 g/mol. The van der Waals surface area contributed by atoms with E-state index in [4.69, 9.17) is 27.9 Å². The van der Waals surface area contributed by atoms with Crippen LogP contribution in [-0.2, 0) is 0 Å². The monoisotopic (exact) mass is 298 g/mol. The van der Waals surface area contributed by atoms with Crippen molar-refractivity contribution in [3.8, 4) is 5.75 Å². The highest BCUT2D eigenvalue weighted by atomic mass is 35.5. The van der Waals surface area contributed by atoms with Gasteiger partial charge < -0.3 is 4.74 Å². The maximum Gasteiger partial charge on any atom is 0.192 e. The summed E-state index contributed by atoms with van der Waals surface area (Å²) in [6.45, 7) is 0. The Morgan fingerprint density at radius 3 is 2.60 bits per heavy atom. The van der Waals surface area contributed by atoms with Crippen molar-refractivity contribution in [1.82, 2.24) is 0 Å². The van der Waals surface area contributed by atoms with E-state index >= 15 is 0 Å². The third-order valence-electron chi connectivity index (χ3n) is 1.69. The van der Waals surface area contributed by atoms with Gasteiger partial charge in [0.05, 0.1) is 5.02 Å². The molecule has 0 atom stereocenters. The molecule has 0 aromatic heterocycles. The van der Waals surface area contributed by atoms with Crippen molar-refractivity contribution < 1.29 is 4.74 Å². The second kappa shape index (κ2) is 5.82. The maximum atomic E-state index is 6.02. The van der Waals surface area contributed by atoms with Crippen LogP contribution in [-0.4, -0.2) is 14.9 Å². The van der Waals surface area contributed by atoms with Crippen LogP contribution in [0.3, 0.4) is 0 Å². The Kier molecular flexibility index (Phi) is 4.70. The van der Waals surface area contributed by atoms with Gasteiger partial charge in [0, 0.05) is 15.2 Å². The van der Waals surface area contributed by atoms with Crippen LogP contribution in [0, 0.1) is 0 Å². The summed E-state index contributed by atoms with van der Waals surface area (Å²) in [5, 5.41) is 3.35. The first-order chi connectivity index (χ1) is 7.25. The van der Waals surface area contributed by atoms with Gasteiger partial charge in [-0.3, -0.25) is 0 Å². The molecule has 0 bridgehead atoms. The zero-order valence-electron chi connectivity index (χ0n) is 7.61. The number of hydrogen-bond donors (Lipinski definition) is 0. The van der Waals surface area contributed by atoms with E-state index in [-0.39, 0.29) is 4.77 Å². The molecule has 0 amide bonds. The summed E-state index contributed by atoms with van der Waals surface area (Å²) in [4.78, 5) is 0. The summed E-state index contributed by atoms with van der Waals surface area (Å²) in [5.74, 6) is 0.706. The molecule has 1 heterocycles. The van der Waals surface area contributed by atoms with E-state index in [1.54, 1.807) is 35.7 Å². The minimum absolute atomic E-state index is 0.143. The van der Waals surface area contributed by atoms with Crippen LogP contribution >= 0.6 is 58.5 Å². The van der Waals surface area contributed by atoms with E-state index in [1.807, 2.05) is 17.8 Å². The van der Waals surface area contributed by atoms with Crippen LogP contribution in [0.25, 0.3) is 0 Å². The highest BCUT2D eigenvalue weighted by molar-refractivity contribution is 8.32. The number of benzene rings is 1. The molecular formula is C9H8Cl2OS3. The van der Waals surface area contributed by atoms with E-state index in [9.17, 15) is 0 Å². The maximum absolute atomic E-state index is 6.02. The Bertz CT molecular complexity index is 342. The zero-order valence-corrected chi connectivity index (χ0v) is 11.6. The second-order valence-corrected chi connectivity index (χ2v) is 7.71. The fourth-order valence-corrected chi connectivity index (χ4v) is 5.76. The quantitative estimate of drug-likeness (QED) is 0.776. The van der Waals surface area contributed by atoms with Gasteiger partial charge in [-0.1, -0.05) is 46.7 Å². The third-order valence-corrected chi connectivity index (χ3v) is 6.20. The van der Waals surface area contributed by atoms with Gasteiger partial charge in [-0.15, -0.1) is 11.8 Å². The van der Waals surface area contributed by atoms with Gasteiger partial charge in [-0.05, 0) is 18.2 Å². The Labute approximate surface area is 112 Å². The molecule has 1 fully saturated rings. The summed E-state index contributed by atoms with van der Waals surface area (Å²) >= 11 is 17.3. The minimum Gasteiger partial charge on any atom is -0.468 e. The largest absolute Gasteiger partial charge is 0.468 e. The van der Waals surface area contributed by atoms with Crippen molar-refractivity contribution in [2.45, 2.75) is 4.77 Å². The number of ether oxygens (including phenoxy) is 1. The molecule has 1 nitrogen and oxygen atoms in total. The first-order valence-corrected chi connectivity index (χ1v) is 8.19. The molecule has 2 rings (SSSR count). The molecule has 1 aliphatic heterocycles. The van der Waals surface area contributed by atoms with Crippen molar-refractivity contribution in [1.29, 1.82) is 0 Å². The number of halogens is 2. The molecule has 82 valence electrons. The zero-order chi connectivity index (χ0) is 10.7. The molecule has 0 radical (unpaired) electrons. The predicted octanol–water partition coefficient (Wildman–Crippen LogP) is 4.78. The van der Waals surface area contributed by atoms with Gasteiger partial charge in [-0.2, -0.15) is 0 Å². The molecule has 0 saturated carbocycles. The first kappa shape index (κ1) is 12.1. The SMILES string of the molecule is Clc1ccc(OC2SCSCS2)c(Cl)c1. The van der Waals surface area contributed by atoms with Gasteiger partial charge in [0.2, 0.25) is 0 Å². The van der Waals surface area contributed by atoms with Crippen LogP contribution in [0.15, 0.2) is 18.2 Å². The van der Waals surface area contributed by atoms with Crippen LogP contribution in [0.4, 0.5) is 0 Å². The number of thioether (sulfide) groups is 3. The lowest BCUT2D eigenvalue weighted by molar-refractivity contribution is 0.366. The van der Waals surface area contributed by atoms with Gasteiger partial charge in [-0.25, -0.2) is 0 Å². The van der Waals surface area contributed by atoms with Crippen molar-refractivity contribution >= 4 is 58.5 Å². The van der Waals surface area contributed by atoms with Crippen LogP contribution in [0.5, 0.6) is 5.75 Å². The van der Waals surface area contributed by atoms with Gasteiger partial charge in [0.1, 0.15) is 5.75 Å². The van der Waals surface area contributed by atoms with Crippen molar-refractivity contribution in [3.63, 3.8) is 0 Å². The number of hydrogen-bond acceptors (Lipinski definition) is 4. The smallest absolute Gasteiger partial charge is 0.192 e. The van der Waals surface area contributed by atoms with E-state index in [0.717, 1.165) is 10.2 Å². The Hall–Kier alpha value is 0.650. The lowest BCUT2D eigenvalue weighted by atomic mass is 10.3. The Morgan fingerprint density at radius 1 is 1.20 bits per heavy atom. The molecular weight excluding hydrogens is 291 g/mol. The minimum atomic E-state index is 0.143.